The van der Waals surface area contributed by atoms with Crippen molar-refractivity contribution in [2.24, 2.45) is 10.7 Å². The van der Waals surface area contributed by atoms with Gasteiger partial charge in [-0.2, -0.15) is 5.01 Å². The lowest BCUT2D eigenvalue weighted by molar-refractivity contribution is 0.109. The summed E-state index contributed by atoms with van der Waals surface area (Å²) in [5, 5.41) is 3.95. The molecule has 82 valence electrons. The van der Waals surface area contributed by atoms with Gasteiger partial charge in [0.05, 0.1) is 18.5 Å². The number of nitrogens with two attached hydrogens (primary N) is 1. The van der Waals surface area contributed by atoms with Crippen LogP contribution in [0.25, 0.3) is 0 Å². The average Bonchev–Trinajstić information content (AvgIpc) is 2.46. The number of nitrogens with zero attached hydrogens (tertiary/aromatic N) is 3. The second kappa shape index (κ2) is 3.58. The fourth-order valence-electron chi connectivity index (χ4n) is 1.61. The van der Waals surface area contributed by atoms with E-state index in [4.69, 9.17) is 10.5 Å². The quantitative estimate of drug-likeness (QED) is 0.723. The molecule has 0 radical (unpaired) electrons. The summed E-state index contributed by atoms with van der Waals surface area (Å²) in [6, 6.07) is 0. The van der Waals surface area contributed by atoms with Crippen LogP contribution < -0.4 is 5.73 Å². The number of hydrogen-bond acceptors (Lipinski definition) is 5. The Balaban J connectivity index is 2.28. The number of hydrazine groups is 1. The van der Waals surface area contributed by atoms with Crippen molar-refractivity contribution in [3.05, 3.63) is 23.7 Å². The summed E-state index contributed by atoms with van der Waals surface area (Å²) in [7, 11) is 1.98. The number of amidine groups is 1. The van der Waals surface area contributed by atoms with E-state index >= 15 is 0 Å². The monoisotopic (exact) mass is 208 g/mol. The van der Waals surface area contributed by atoms with Crippen molar-refractivity contribution in [2.45, 2.75) is 20.0 Å². The van der Waals surface area contributed by atoms with Gasteiger partial charge in [0.15, 0.2) is 0 Å². The molecule has 0 aliphatic carbocycles. The van der Waals surface area contributed by atoms with Crippen LogP contribution in [0.4, 0.5) is 0 Å². The number of hydrogen-bond donors (Lipinski definition) is 1. The van der Waals surface area contributed by atoms with E-state index in [-0.39, 0.29) is 6.17 Å². The summed E-state index contributed by atoms with van der Waals surface area (Å²) in [5.74, 6) is 1.58. The third kappa shape index (κ3) is 1.59. The molecule has 0 amide bonds. The average molecular weight is 208 g/mol. The zero-order chi connectivity index (χ0) is 11.0. The Labute approximate surface area is 89.5 Å². The first kappa shape index (κ1) is 10.0. The van der Waals surface area contributed by atoms with Crippen molar-refractivity contribution in [3.63, 3.8) is 0 Å². The second-order valence-electron chi connectivity index (χ2n) is 3.56. The van der Waals surface area contributed by atoms with E-state index in [9.17, 15) is 0 Å². The van der Waals surface area contributed by atoms with Crippen molar-refractivity contribution < 1.29 is 4.74 Å². The van der Waals surface area contributed by atoms with Crippen LogP contribution in [0, 0.1) is 0 Å². The standard InChI is InChI=1S/C10H16N4O/c1-4-15-9-5-10-12-7(2)13(3)14(10)6-8(9)11/h5-7H,4,11H2,1-3H3. The third-order valence-electron chi connectivity index (χ3n) is 2.54. The van der Waals surface area contributed by atoms with Gasteiger partial charge >= 0.3 is 0 Å². The largest absolute Gasteiger partial charge is 0.492 e. The summed E-state index contributed by atoms with van der Waals surface area (Å²) >= 11 is 0. The van der Waals surface area contributed by atoms with E-state index < -0.39 is 0 Å². The van der Waals surface area contributed by atoms with Crippen LogP contribution in [0.15, 0.2) is 28.7 Å². The molecule has 0 saturated carbocycles. The highest BCUT2D eigenvalue weighted by Crippen LogP contribution is 2.22. The Morgan fingerprint density at radius 3 is 3.00 bits per heavy atom. The minimum atomic E-state index is 0.140. The van der Waals surface area contributed by atoms with Gasteiger partial charge in [-0.1, -0.05) is 0 Å². The lowest BCUT2D eigenvalue weighted by Gasteiger charge is -2.28. The molecule has 0 fully saturated rings. The molecule has 0 aromatic heterocycles. The van der Waals surface area contributed by atoms with Crippen molar-refractivity contribution in [1.82, 2.24) is 10.0 Å². The Kier molecular flexibility index (Phi) is 2.40. The molecule has 0 saturated heterocycles. The highest BCUT2D eigenvalue weighted by atomic mass is 16.5. The van der Waals surface area contributed by atoms with Crippen LogP contribution in [0.5, 0.6) is 0 Å². The molecule has 1 atom stereocenters. The topological polar surface area (TPSA) is 54.1 Å². The maximum absolute atomic E-state index is 5.87. The molecule has 5 nitrogen and oxygen atoms in total. The minimum Gasteiger partial charge on any atom is -0.492 e. The predicted molar refractivity (Wildman–Crippen MR) is 58.5 cm³/mol. The van der Waals surface area contributed by atoms with Crippen LogP contribution >= 0.6 is 0 Å². The Hall–Kier alpha value is -1.49. The smallest absolute Gasteiger partial charge is 0.147 e. The fourth-order valence-corrected chi connectivity index (χ4v) is 1.61. The van der Waals surface area contributed by atoms with Gasteiger partial charge in [0.1, 0.15) is 17.8 Å². The number of ether oxygens (including phenoxy) is 1. The lowest BCUT2D eigenvalue weighted by atomic mass is 10.3. The van der Waals surface area contributed by atoms with E-state index in [0.717, 1.165) is 5.84 Å². The van der Waals surface area contributed by atoms with Crippen LogP contribution in [0.2, 0.25) is 0 Å². The predicted octanol–water partition coefficient (Wildman–Crippen LogP) is 0.627. The maximum Gasteiger partial charge on any atom is 0.147 e. The highest BCUT2D eigenvalue weighted by Gasteiger charge is 2.29. The van der Waals surface area contributed by atoms with Crippen molar-refractivity contribution in [2.75, 3.05) is 13.7 Å². The molecular weight excluding hydrogens is 192 g/mol. The third-order valence-corrected chi connectivity index (χ3v) is 2.54. The van der Waals surface area contributed by atoms with E-state index in [1.54, 1.807) is 0 Å². The van der Waals surface area contributed by atoms with Gasteiger partial charge in [0.2, 0.25) is 0 Å². The minimum absolute atomic E-state index is 0.140. The van der Waals surface area contributed by atoms with Crippen molar-refractivity contribution >= 4 is 5.84 Å². The maximum atomic E-state index is 5.87. The molecule has 0 aromatic rings. The summed E-state index contributed by atoms with van der Waals surface area (Å²) < 4.78 is 5.42. The van der Waals surface area contributed by atoms with Gasteiger partial charge in [-0.15, -0.1) is 0 Å². The fraction of sp³-hybridized carbons (Fsp3) is 0.500. The van der Waals surface area contributed by atoms with E-state index in [2.05, 4.69) is 4.99 Å². The molecule has 2 heterocycles. The van der Waals surface area contributed by atoms with Crippen molar-refractivity contribution in [3.8, 4) is 0 Å². The normalized spacial score (nSPS) is 25.7. The first-order valence-corrected chi connectivity index (χ1v) is 5.05. The lowest BCUT2D eigenvalue weighted by Crippen LogP contribution is -2.39. The Morgan fingerprint density at radius 2 is 2.33 bits per heavy atom. The molecule has 0 aromatic carbocycles. The molecule has 0 spiro atoms. The zero-order valence-electron chi connectivity index (χ0n) is 9.27. The van der Waals surface area contributed by atoms with Crippen LogP contribution in [0.3, 0.4) is 0 Å². The molecule has 0 bridgehead atoms. The summed E-state index contributed by atoms with van der Waals surface area (Å²) in [4.78, 5) is 4.47. The number of rotatable bonds is 2. The van der Waals surface area contributed by atoms with E-state index in [1.807, 2.05) is 43.2 Å². The highest BCUT2D eigenvalue weighted by molar-refractivity contribution is 5.96. The SMILES string of the molecule is CCOC1=CC2=NC(C)N(C)N2C=C1N. The summed E-state index contributed by atoms with van der Waals surface area (Å²) in [6.07, 6.45) is 3.85. The Bertz CT molecular complexity index is 358. The molecule has 5 heteroatoms. The molecule has 15 heavy (non-hydrogen) atoms. The number of aliphatic imine (C=N–C) groups is 1. The van der Waals surface area contributed by atoms with Gasteiger partial charge in [-0.25, -0.2) is 4.99 Å². The Morgan fingerprint density at radius 1 is 1.60 bits per heavy atom. The first-order chi connectivity index (χ1) is 7.13. The molecule has 2 N–H and O–H groups in total. The zero-order valence-corrected chi connectivity index (χ0v) is 9.27. The van der Waals surface area contributed by atoms with E-state index in [0.29, 0.717) is 18.1 Å². The van der Waals surface area contributed by atoms with Crippen LogP contribution in [-0.4, -0.2) is 35.7 Å². The summed E-state index contributed by atoms with van der Waals surface area (Å²) in [6.45, 7) is 4.58. The summed E-state index contributed by atoms with van der Waals surface area (Å²) in [5.41, 5.74) is 6.51. The van der Waals surface area contributed by atoms with E-state index in [1.165, 1.54) is 0 Å². The molecular formula is C10H16N4O. The first-order valence-electron chi connectivity index (χ1n) is 5.05. The van der Waals surface area contributed by atoms with Gasteiger partial charge in [-0.05, 0) is 13.8 Å². The molecule has 2 rings (SSSR count). The van der Waals surface area contributed by atoms with Gasteiger partial charge in [0.25, 0.3) is 0 Å². The van der Waals surface area contributed by atoms with Crippen LogP contribution in [0.1, 0.15) is 13.8 Å². The molecule has 2 aliphatic rings. The van der Waals surface area contributed by atoms with Crippen LogP contribution in [-0.2, 0) is 4.74 Å². The molecule has 2 aliphatic heterocycles. The number of fused-ring (bicyclic) bond motifs is 1. The van der Waals surface area contributed by atoms with Gasteiger partial charge in [-0.3, -0.25) is 5.01 Å². The van der Waals surface area contributed by atoms with Gasteiger partial charge in [0, 0.05) is 13.1 Å². The molecule has 1 unspecified atom stereocenters. The van der Waals surface area contributed by atoms with Gasteiger partial charge < -0.3 is 10.5 Å². The van der Waals surface area contributed by atoms with Crippen molar-refractivity contribution in [1.29, 1.82) is 0 Å². The second-order valence-corrected chi connectivity index (χ2v) is 3.56.